The van der Waals surface area contributed by atoms with Gasteiger partial charge in [-0.05, 0) is 37.1 Å². The van der Waals surface area contributed by atoms with E-state index in [1.165, 1.54) is 23.9 Å². The molecular weight excluding hydrogens is 269 g/mol. The van der Waals surface area contributed by atoms with E-state index in [-0.39, 0.29) is 17.5 Å². The zero-order valence-electron chi connectivity index (χ0n) is 10.8. The fourth-order valence-electron chi connectivity index (χ4n) is 1.58. The maximum Gasteiger partial charge on any atom is 0.313 e. The summed E-state index contributed by atoms with van der Waals surface area (Å²) in [5.41, 5.74) is 1.29. The minimum atomic E-state index is -0.874. The second kappa shape index (κ2) is 7.13. The quantitative estimate of drug-likeness (QED) is 0.784. The average molecular weight is 285 g/mol. The van der Waals surface area contributed by atoms with Gasteiger partial charge in [-0.25, -0.2) is 4.39 Å². The Hall–Kier alpha value is -1.56. The van der Waals surface area contributed by atoms with Crippen molar-refractivity contribution < 1.29 is 19.1 Å². The van der Waals surface area contributed by atoms with Gasteiger partial charge in [0.15, 0.2) is 0 Å². The highest BCUT2D eigenvalue weighted by atomic mass is 32.2. The monoisotopic (exact) mass is 285 g/mol. The Bertz CT molecular complexity index is 468. The molecular formula is C13H16FNO3S. The number of benzene rings is 1. The van der Waals surface area contributed by atoms with Crippen LogP contribution in [0, 0.1) is 19.7 Å². The molecule has 0 aliphatic heterocycles. The molecule has 2 N–H and O–H groups in total. The highest BCUT2D eigenvalue weighted by molar-refractivity contribution is 7.99. The number of amides is 1. The number of hydrogen-bond donors (Lipinski definition) is 2. The van der Waals surface area contributed by atoms with Crippen LogP contribution in [0.2, 0.25) is 0 Å². The van der Waals surface area contributed by atoms with Gasteiger partial charge in [-0.1, -0.05) is 0 Å². The summed E-state index contributed by atoms with van der Waals surface area (Å²) in [6.07, 6.45) is 0. The SMILES string of the molecule is Cc1cc(C(=O)NCCSCC(=O)O)cc(C)c1F. The van der Waals surface area contributed by atoms with Crippen LogP contribution in [0.15, 0.2) is 12.1 Å². The number of hydrogen-bond acceptors (Lipinski definition) is 3. The lowest BCUT2D eigenvalue weighted by Crippen LogP contribution is -2.26. The molecule has 1 amide bonds. The number of halogens is 1. The molecule has 0 aliphatic carbocycles. The largest absolute Gasteiger partial charge is 0.481 e. The molecule has 1 aromatic carbocycles. The van der Waals surface area contributed by atoms with E-state index in [1.54, 1.807) is 13.8 Å². The van der Waals surface area contributed by atoms with Crippen molar-refractivity contribution in [3.05, 3.63) is 34.6 Å². The molecule has 0 bridgehead atoms. The van der Waals surface area contributed by atoms with Crippen LogP contribution < -0.4 is 5.32 Å². The summed E-state index contributed by atoms with van der Waals surface area (Å²) in [7, 11) is 0. The summed E-state index contributed by atoms with van der Waals surface area (Å²) in [6, 6.07) is 3.00. The minimum absolute atomic E-state index is 0.0185. The predicted molar refractivity (Wildman–Crippen MR) is 73.2 cm³/mol. The van der Waals surface area contributed by atoms with Gasteiger partial charge in [-0.3, -0.25) is 9.59 Å². The Kier molecular flexibility index (Phi) is 5.82. The molecule has 0 heterocycles. The fraction of sp³-hybridized carbons (Fsp3) is 0.385. The number of nitrogens with one attached hydrogen (secondary N) is 1. The topological polar surface area (TPSA) is 66.4 Å². The van der Waals surface area contributed by atoms with E-state index in [2.05, 4.69) is 5.32 Å². The molecule has 0 unspecified atom stereocenters. The van der Waals surface area contributed by atoms with E-state index in [0.29, 0.717) is 29.0 Å². The van der Waals surface area contributed by atoms with Crippen molar-refractivity contribution >= 4 is 23.6 Å². The van der Waals surface area contributed by atoms with E-state index in [0.717, 1.165) is 0 Å². The Balaban J connectivity index is 2.48. The number of aryl methyl sites for hydroxylation is 2. The number of carboxylic acid groups (broad SMARTS) is 1. The summed E-state index contributed by atoms with van der Waals surface area (Å²) in [5.74, 6) is -0.904. The number of aliphatic carboxylic acids is 1. The molecule has 1 aromatic rings. The van der Waals surface area contributed by atoms with Crippen LogP contribution in [0.1, 0.15) is 21.5 Å². The number of carbonyl (C=O) groups is 2. The smallest absolute Gasteiger partial charge is 0.313 e. The first kappa shape index (κ1) is 15.5. The Morgan fingerprint density at radius 2 is 1.89 bits per heavy atom. The molecule has 0 atom stereocenters. The number of carboxylic acids is 1. The van der Waals surface area contributed by atoms with Crippen molar-refractivity contribution in [1.29, 1.82) is 0 Å². The van der Waals surface area contributed by atoms with Crippen LogP contribution in [0.5, 0.6) is 0 Å². The molecule has 6 heteroatoms. The van der Waals surface area contributed by atoms with Crippen molar-refractivity contribution in [2.75, 3.05) is 18.1 Å². The predicted octanol–water partition coefficient (Wildman–Crippen LogP) is 1.99. The van der Waals surface area contributed by atoms with E-state index in [1.807, 2.05) is 0 Å². The maximum absolute atomic E-state index is 13.4. The third kappa shape index (κ3) is 4.90. The first-order valence-corrected chi connectivity index (χ1v) is 6.91. The molecule has 0 aliphatic rings. The summed E-state index contributed by atoms with van der Waals surface area (Å²) in [6.45, 7) is 3.61. The van der Waals surface area contributed by atoms with Gasteiger partial charge in [0.1, 0.15) is 5.82 Å². The molecule has 4 nitrogen and oxygen atoms in total. The van der Waals surface area contributed by atoms with Gasteiger partial charge in [0.2, 0.25) is 0 Å². The van der Waals surface area contributed by atoms with Crippen LogP contribution in [0.4, 0.5) is 4.39 Å². The second-order valence-electron chi connectivity index (χ2n) is 4.13. The van der Waals surface area contributed by atoms with Gasteiger partial charge in [0.25, 0.3) is 5.91 Å². The Labute approximate surface area is 115 Å². The Morgan fingerprint density at radius 1 is 1.32 bits per heavy atom. The van der Waals surface area contributed by atoms with Crippen molar-refractivity contribution in [3.63, 3.8) is 0 Å². The van der Waals surface area contributed by atoms with E-state index < -0.39 is 5.97 Å². The first-order valence-electron chi connectivity index (χ1n) is 5.76. The molecule has 19 heavy (non-hydrogen) atoms. The third-order valence-corrected chi connectivity index (χ3v) is 3.40. The van der Waals surface area contributed by atoms with Crippen LogP contribution >= 0.6 is 11.8 Å². The summed E-state index contributed by atoms with van der Waals surface area (Å²) >= 11 is 1.23. The first-order chi connectivity index (χ1) is 8.91. The lowest BCUT2D eigenvalue weighted by atomic mass is 10.1. The van der Waals surface area contributed by atoms with Gasteiger partial charge in [-0.2, -0.15) is 0 Å². The average Bonchev–Trinajstić information content (AvgIpc) is 2.34. The third-order valence-electron chi connectivity index (χ3n) is 2.46. The number of rotatable bonds is 6. The van der Waals surface area contributed by atoms with Crippen molar-refractivity contribution in [3.8, 4) is 0 Å². The number of thioether (sulfide) groups is 1. The fourth-order valence-corrected chi connectivity index (χ4v) is 2.14. The molecule has 0 saturated heterocycles. The van der Waals surface area contributed by atoms with Gasteiger partial charge in [0, 0.05) is 17.9 Å². The summed E-state index contributed by atoms with van der Waals surface area (Å²) in [5, 5.41) is 11.1. The van der Waals surface area contributed by atoms with Crippen LogP contribution in [0.25, 0.3) is 0 Å². The molecule has 0 saturated carbocycles. The molecule has 0 radical (unpaired) electrons. The van der Waals surface area contributed by atoms with Crippen LogP contribution in [-0.4, -0.2) is 35.0 Å². The lowest BCUT2D eigenvalue weighted by Gasteiger charge is -2.08. The zero-order chi connectivity index (χ0) is 14.4. The highest BCUT2D eigenvalue weighted by Crippen LogP contribution is 2.14. The van der Waals surface area contributed by atoms with Gasteiger partial charge >= 0.3 is 5.97 Å². The second-order valence-corrected chi connectivity index (χ2v) is 5.23. The van der Waals surface area contributed by atoms with Gasteiger partial charge in [-0.15, -0.1) is 11.8 Å². The standard InChI is InChI=1S/C13H16FNO3S/c1-8-5-10(6-9(2)12(8)14)13(18)15-3-4-19-7-11(16)17/h5-6H,3-4,7H2,1-2H3,(H,15,18)(H,16,17). The maximum atomic E-state index is 13.4. The molecule has 0 fully saturated rings. The summed E-state index contributed by atoms with van der Waals surface area (Å²) in [4.78, 5) is 22.1. The van der Waals surface area contributed by atoms with Crippen molar-refractivity contribution in [2.24, 2.45) is 0 Å². The minimum Gasteiger partial charge on any atom is -0.481 e. The van der Waals surface area contributed by atoms with Crippen molar-refractivity contribution in [2.45, 2.75) is 13.8 Å². The highest BCUT2D eigenvalue weighted by Gasteiger charge is 2.10. The molecule has 1 rings (SSSR count). The van der Waals surface area contributed by atoms with Crippen molar-refractivity contribution in [1.82, 2.24) is 5.32 Å². The van der Waals surface area contributed by atoms with Crippen LogP contribution in [0.3, 0.4) is 0 Å². The summed E-state index contributed by atoms with van der Waals surface area (Å²) < 4.78 is 13.4. The lowest BCUT2D eigenvalue weighted by molar-refractivity contribution is -0.133. The van der Waals surface area contributed by atoms with Crippen LogP contribution in [-0.2, 0) is 4.79 Å². The van der Waals surface area contributed by atoms with Gasteiger partial charge in [0.05, 0.1) is 5.75 Å². The van der Waals surface area contributed by atoms with E-state index in [9.17, 15) is 14.0 Å². The molecule has 104 valence electrons. The Morgan fingerprint density at radius 3 is 2.42 bits per heavy atom. The molecule has 0 aromatic heterocycles. The van der Waals surface area contributed by atoms with E-state index in [4.69, 9.17) is 5.11 Å². The van der Waals surface area contributed by atoms with Gasteiger partial charge < -0.3 is 10.4 Å². The normalized spacial score (nSPS) is 10.3. The number of carbonyl (C=O) groups excluding carboxylic acids is 1. The zero-order valence-corrected chi connectivity index (χ0v) is 11.6. The van der Waals surface area contributed by atoms with E-state index >= 15 is 0 Å². The molecule has 0 spiro atoms.